The van der Waals surface area contributed by atoms with Crippen molar-refractivity contribution in [2.75, 3.05) is 20.1 Å². The quantitative estimate of drug-likeness (QED) is 0.147. The van der Waals surface area contributed by atoms with Gasteiger partial charge in [0.15, 0.2) is 0 Å². The molecule has 0 aliphatic carbocycles. The molecule has 14 nitrogen and oxygen atoms in total. The van der Waals surface area contributed by atoms with Gasteiger partial charge in [-0.3, -0.25) is 24.0 Å². The molecular formula is C36H56N6O8S. The Hall–Kier alpha value is -4.27. The molecule has 1 aromatic rings. The van der Waals surface area contributed by atoms with Crippen LogP contribution >= 0.6 is 0 Å². The number of sulfonamides is 1. The predicted molar refractivity (Wildman–Crippen MR) is 193 cm³/mol. The highest BCUT2D eigenvalue weighted by Gasteiger charge is 2.48. The van der Waals surface area contributed by atoms with Gasteiger partial charge in [0, 0.05) is 20.1 Å². The van der Waals surface area contributed by atoms with E-state index in [-0.39, 0.29) is 36.2 Å². The summed E-state index contributed by atoms with van der Waals surface area (Å²) < 4.78 is 26.9. The summed E-state index contributed by atoms with van der Waals surface area (Å²) in [6.45, 7) is 18.0. The Morgan fingerprint density at radius 1 is 1.00 bits per heavy atom. The van der Waals surface area contributed by atoms with Gasteiger partial charge in [0.25, 0.3) is 21.8 Å². The van der Waals surface area contributed by atoms with Gasteiger partial charge in [-0.15, -0.1) is 6.58 Å². The van der Waals surface area contributed by atoms with Crippen molar-refractivity contribution in [1.82, 2.24) is 30.5 Å². The van der Waals surface area contributed by atoms with E-state index < -0.39 is 81.0 Å². The van der Waals surface area contributed by atoms with Crippen molar-refractivity contribution in [2.24, 2.45) is 23.2 Å². The third kappa shape index (κ3) is 10.9. The molecule has 1 heterocycles. The fourth-order valence-corrected chi connectivity index (χ4v) is 7.20. The normalized spacial score (nSPS) is 18.0. The molecule has 6 amide bonds. The van der Waals surface area contributed by atoms with E-state index in [2.05, 4.69) is 27.8 Å². The third-order valence-electron chi connectivity index (χ3n) is 9.01. The van der Waals surface area contributed by atoms with Crippen molar-refractivity contribution in [3.05, 3.63) is 43.0 Å². The lowest BCUT2D eigenvalue weighted by atomic mass is 9.84. The van der Waals surface area contributed by atoms with Crippen LogP contribution in [0.25, 0.3) is 0 Å². The Morgan fingerprint density at radius 2 is 1.61 bits per heavy atom. The number of carbonyl (C=O) groups excluding carboxylic acids is 6. The molecule has 1 saturated heterocycles. The van der Waals surface area contributed by atoms with Crippen LogP contribution in [-0.4, -0.2) is 97.4 Å². The van der Waals surface area contributed by atoms with Crippen molar-refractivity contribution in [1.29, 1.82) is 0 Å². The van der Waals surface area contributed by atoms with Gasteiger partial charge in [-0.2, -0.15) is 0 Å². The molecule has 15 heteroatoms. The van der Waals surface area contributed by atoms with Crippen molar-refractivity contribution < 1.29 is 37.2 Å². The van der Waals surface area contributed by atoms with Crippen LogP contribution < -0.4 is 21.3 Å². The Morgan fingerprint density at radius 3 is 2.12 bits per heavy atom. The van der Waals surface area contributed by atoms with Gasteiger partial charge in [0.05, 0.1) is 10.9 Å². The molecule has 5 atom stereocenters. The Labute approximate surface area is 302 Å². The first-order valence-corrected chi connectivity index (χ1v) is 18.8. The maximum atomic E-state index is 14.3. The van der Waals surface area contributed by atoms with Crippen molar-refractivity contribution in [3.8, 4) is 0 Å². The second kappa shape index (κ2) is 18.3. The predicted octanol–water partition coefficient (Wildman–Crippen LogP) is 2.60. The average Bonchev–Trinajstić information content (AvgIpc) is 3.53. The van der Waals surface area contributed by atoms with E-state index in [1.807, 2.05) is 20.8 Å². The van der Waals surface area contributed by atoms with Gasteiger partial charge >= 0.3 is 6.03 Å². The minimum absolute atomic E-state index is 0.0268. The molecule has 2 rings (SSSR count). The molecular weight excluding hydrogens is 676 g/mol. The second-order valence-corrected chi connectivity index (χ2v) is 16.6. The number of ketones is 1. The summed E-state index contributed by atoms with van der Waals surface area (Å²) >= 11 is 0. The lowest BCUT2D eigenvalue weighted by Gasteiger charge is -2.37. The molecule has 1 aliphatic rings. The number of nitrogens with one attached hydrogen (secondary N) is 4. The molecule has 284 valence electrons. The summed E-state index contributed by atoms with van der Waals surface area (Å²) in [5.74, 6) is -4.47. The Kier molecular flexibility index (Phi) is 15.4. The number of amides is 6. The summed E-state index contributed by atoms with van der Waals surface area (Å²) in [5.41, 5.74) is -0.875. The zero-order valence-corrected chi connectivity index (χ0v) is 32.1. The molecule has 0 saturated carbocycles. The molecule has 0 bridgehead atoms. The fraction of sp³-hybridized carbons (Fsp3) is 0.611. The number of nitrogens with zero attached hydrogens (tertiary/aromatic N) is 2. The van der Waals surface area contributed by atoms with Gasteiger partial charge in [-0.1, -0.05) is 86.1 Å². The second-order valence-electron chi connectivity index (χ2n) is 14.6. The number of likely N-dealkylation sites (N-methyl/N-ethyl adjacent to an activating group) is 1. The number of urea groups is 1. The first kappa shape index (κ1) is 42.9. The molecule has 0 aromatic heterocycles. The van der Waals surface area contributed by atoms with Crippen LogP contribution in [0.15, 0.2) is 47.9 Å². The highest BCUT2D eigenvalue weighted by atomic mass is 32.2. The number of benzene rings is 1. The standard InChI is InChI=1S/C36H56N6O8S/c1-11-16-26(29(43)32(45)37-20-12-2)38-31(44)28-25(22(3)4)19-21-42(28)34(47)30(36(7,8)9)40-35(48)39-27(23(5)6)33(46)41(10)51(49,50)24-17-14-13-15-18-24/h12-15,17-18,22-23,25-28,30H,2,11,16,19-21H2,1,3-10H3,(H,37,45)(H,38,44)(H2,39,40,48)/t25-,26?,27+,28+,30-/m1/s1. The molecule has 1 aliphatic heterocycles. The van der Waals surface area contributed by atoms with Crippen LogP contribution in [0, 0.1) is 23.2 Å². The number of Topliss-reactive ketones (excluding diaryl/α,β-unsaturated/α-hetero) is 1. The van der Waals surface area contributed by atoms with E-state index >= 15 is 0 Å². The molecule has 4 N–H and O–H groups in total. The summed E-state index contributed by atoms with van der Waals surface area (Å²) in [4.78, 5) is 82.1. The molecule has 0 spiro atoms. The maximum Gasteiger partial charge on any atom is 0.316 e. The third-order valence-corrected chi connectivity index (χ3v) is 10.8. The van der Waals surface area contributed by atoms with Crippen LogP contribution in [0.5, 0.6) is 0 Å². The summed E-state index contributed by atoms with van der Waals surface area (Å²) in [7, 11) is -3.09. The highest BCUT2D eigenvalue weighted by Crippen LogP contribution is 2.33. The molecule has 51 heavy (non-hydrogen) atoms. The van der Waals surface area contributed by atoms with Crippen LogP contribution in [0.1, 0.15) is 74.7 Å². The van der Waals surface area contributed by atoms with E-state index in [4.69, 9.17) is 0 Å². The lowest BCUT2D eigenvalue weighted by Crippen LogP contribution is -2.62. The van der Waals surface area contributed by atoms with E-state index in [0.29, 0.717) is 17.1 Å². The zero-order valence-electron chi connectivity index (χ0n) is 31.3. The first-order chi connectivity index (χ1) is 23.7. The molecule has 1 fully saturated rings. The van der Waals surface area contributed by atoms with Crippen LogP contribution in [0.4, 0.5) is 4.79 Å². The van der Waals surface area contributed by atoms with E-state index in [1.165, 1.54) is 35.2 Å². The maximum absolute atomic E-state index is 14.3. The Balaban J connectivity index is 2.35. The van der Waals surface area contributed by atoms with Crippen LogP contribution in [-0.2, 0) is 34.0 Å². The topological polar surface area (TPSA) is 191 Å². The number of carbonyl (C=O) groups is 6. The van der Waals surface area contributed by atoms with Crippen LogP contribution in [0.3, 0.4) is 0 Å². The number of rotatable bonds is 16. The smallest absolute Gasteiger partial charge is 0.316 e. The average molecular weight is 733 g/mol. The van der Waals surface area contributed by atoms with Gasteiger partial charge in [0.1, 0.15) is 18.1 Å². The monoisotopic (exact) mass is 732 g/mol. The summed E-state index contributed by atoms with van der Waals surface area (Å²) in [6, 6.07) is 2.03. The minimum atomic E-state index is -4.21. The number of hydrogen-bond donors (Lipinski definition) is 4. The van der Waals surface area contributed by atoms with Crippen molar-refractivity contribution in [2.45, 2.75) is 104 Å². The van der Waals surface area contributed by atoms with Gasteiger partial charge in [-0.25, -0.2) is 17.5 Å². The van der Waals surface area contributed by atoms with E-state index in [1.54, 1.807) is 40.7 Å². The largest absolute Gasteiger partial charge is 0.346 e. The van der Waals surface area contributed by atoms with Crippen molar-refractivity contribution in [3.63, 3.8) is 0 Å². The SMILES string of the molecule is C=CCNC(=O)C(=O)C(CCC)NC(=O)[C@@H]1[C@@H](C(C)C)CCN1C(=O)[C@@H](NC(=O)N[C@H](C(=O)N(C)S(=O)(=O)c1ccccc1)C(C)C)C(C)(C)C. The highest BCUT2D eigenvalue weighted by molar-refractivity contribution is 7.89. The zero-order chi connectivity index (χ0) is 38.8. The van der Waals surface area contributed by atoms with E-state index in [9.17, 15) is 37.2 Å². The number of likely N-dealkylation sites (tertiary alicyclic amines) is 1. The molecule has 1 unspecified atom stereocenters. The van der Waals surface area contributed by atoms with Gasteiger partial charge in [-0.05, 0) is 48.1 Å². The molecule has 0 radical (unpaired) electrons. The summed E-state index contributed by atoms with van der Waals surface area (Å²) in [5, 5.41) is 10.4. The van der Waals surface area contributed by atoms with Crippen molar-refractivity contribution >= 4 is 45.5 Å². The Bertz CT molecular complexity index is 1540. The lowest BCUT2D eigenvalue weighted by molar-refractivity contribution is -0.144. The summed E-state index contributed by atoms with van der Waals surface area (Å²) in [6.07, 6.45) is 2.64. The van der Waals surface area contributed by atoms with Crippen LogP contribution in [0.2, 0.25) is 0 Å². The van der Waals surface area contributed by atoms with E-state index in [0.717, 1.165) is 7.05 Å². The first-order valence-electron chi connectivity index (χ1n) is 17.4. The fourth-order valence-electron chi connectivity index (χ4n) is 6.03. The number of hydrogen-bond acceptors (Lipinski definition) is 8. The minimum Gasteiger partial charge on any atom is -0.346 e. The molecule has 1 aromatic carbocycles. The van der Waals surface area contributed by atoms with Gasteiger partial charge in [0.2, 0.25) is 17.6 Å². The van der Waals surface area contributed by atoms with Gasteiger partial charge < -0.3 is 26.2 Å².